The third kappa shape index (κ3) is 4.80. The van der Waals surface area contributed by atoms with Crippen molar-refractivity contribution in [3.63, 3.8) is 0 Å². The quantitative estimate of drug-likeness (QED) is 0.753. The van der Waals surface area contributed by atoms with Gasteiger partial charge in [-0.1, -0.05) is 13.8 Å². The maximum absolute atomic E-state index is 12.6. The minimum atomic E-state index is -3.53. The summed E-state index contributed by atoms with van der Waals surface area (Å²) < 4.78 is 38.5. The Bertz CT molecular complexity index is 443. The number of rotatable bonds is 6. The summed E-state index contributed by atoms with van der Waals surface area (Å²) in [5, 5.41) is 3.09. The van der Waals surface area contributed by atoms with Gasteiger partial charge in [0.1, 0.15) is 5.82 Å². The molecule has 0 bridgehead atoms. The van der Waals surface area contributed by atoms with Crippen molar-refractivity contribution in [3.05, 3.63) is 30.1 Å². The highest BCUT2D eigenvalue weighted by Crippen LogP contribution is 2.08. The van der Waals surface area contributed by atoms with Crippen LogP contribution in [-0.2, 0) is 10.0 Å². The largest absolute Gasteiger partial charge is 0.313 e. The summed E-state index contributed by atoms with van der Waals surface area (Å²) in [4.78, 5) is 0.0726. The van der Waals surface area contributed by atoms with E-state index < -0.39 is 15.8 Å². The van der Waals surface area contributed by atoms with Gasteiger partial charge in [0, 0.05) is 19.1 Å². The fraction of sp³-hybridized carbons (Fsp3) is 0.455. The summed E-state index contributed by atoms with van der Waals surface area (Å²) >= 11 is 0. The topological polar surface area (TPSA) is 58.2 Å². The van der Waals surface area contributed by atoms with Crippen LogP contribution in [0.5, 0.6) is 0 Å². The molecule has 0 aliphatic heterocycles. The van der Waals surface area contributed by atoms with E-state index in [1.165, 1.54) is 12.1 Å². The van der Waals surface area contributed by atoms with E-state index in [1.807, 2.05) is 13.8 Å². The number of hydrogen-bond donors (Lipinski definition) is 2. The fourth-order valence-electron chi connectivity index (χ4n) is 1.24. The molecule has 17 heavy (non-hydrogen) atoms. The van der Waals surface area contributed by atoms with E-state index in [2.05, 4.69) is 10.0 Å². The van der Waals surface area contributed by atoms with Crippen molar-refractivity contribution >= 4 is 10.0 Å². The van der Waals surface area contributed by atoms with Crippen LogP contribution in [0.4, 0.5) is 4.39 Å². The average molecular weight is 260 g/mol. The van der Waals surface area contributed by atoms with Crippen molar-refractivity contribution in [1.29, 1.82) is 0 Å². The lowest BCUT2D eigenvalue weighted by Crippen LogP contribution is -2.34. The molecule has 1 aromatic rings. The first-order valence-electron chi connectivity index (χ1n) is 5.40. The molecule has 6 heteroatoms. The van der Waals surface area contributed by atoms with Gasteiger partial charge in [-0.3, -0.25) is 0 Å². The van der Waals surface area contributed by atoms with Gasteiger partial charge in [0.2, 0.25) is 10.0 Å². The summed E-state index contributed by atoms with van der Waals surface area (Å²) in [6.45, 7) is 4.82. The van der Waals surface area contributed by atoms with Crippen LogP contribution in [-0.4, -0.2) is 27.5 Å². The van der Waals surface area contributed by atoms with E-state index in [1.54, 1.807) is 0 Å². The van der Waals surface area contributed by atoms with Crippen LogP contribution in [0.15, 0.2) is 29.2 Å². The van der Waals surface area contributed by atoms with Crippen molar-refractivity contribution in [1.82, 2.24) is 10.0 Å². The Kier molecular flexibility index (Phi) is 5.04. The summed E-state index contributed by atoms with van der Waals surface area (Å²) in [5.74, 6) is -0.453. The molecule has 0 heterocycles. The number of benzene rings is 1. The van der Waals surface area contributed by atoms with Crippen LogP contribution >= 0.6 is 0 Å². The van der Waals surface area contributed by atoms with Crippen LogP contribution in [0.1, 0.15) is 13.8 Å². The highest BCUT2D eigenvalue weighted by atomic mass is 32.2. The predicted octanol–water partition coefficient (Wildman–Crippen LogP) is 1.10. The van der Waals surface area contributed by atoms with E-state index in [0.717, 1.165) is 12.1 Å². The molecule has 0 saturated heterocycles. The van der Waals surface area contributed by atoms with Gasteiger partial charge in [-0.25, -0.2) is 17.5 Å². The molecule has 1 rings (SSSR count). The molecular formula is C11H17FN2O2S. The molecule has 0 radical (unpaired) electrons. The standard InChI is InChI=1S/C11H17FN2O2S/c1-9(2)13-7-8-14-17(15,16)11-5-3-10(12)4-6-11/h3-6,9,13-14H,7-8H2,1-2H3. The summed E-state index contributed by atoms with van der Waals surface area (Å²) in [6.07, 6.45) is 0. The second-order valence-electron chi connectivity index (χ2n) is 3.96. The Balaban J connectivity index is 2.54. The average Bonchev–Trinajstić information content (AvgIpc) is 2.25. The van der Waals surface area contributed by atoms with Gasteiger partial charge in [0.15, 0.2) is 0 Å². The SMILES string of the molecule is CC(C)NCCNS(=O)(=O)c1ccc(F)cc1. The Morgan fingerprint density at radius 1 is 1.18 bits per heavy atom. The lowest BCUT2D eigenvalue weighted by Gasteiger charge is -2.09. The molecule has 0 unspecified atom stereocenters. The highest BCUT2D eigenvalue weighted by molar-refractivity contribution is 7.89. The third-order valence-electron chi connectivity index (χ3n) is 2.09. The molecule has 2 N–H and O–H groups in total. The van der Waals surface area contributed by atoms with Gasteiger partial charge in [0.05, 0.1) is 4.90 Å². The lowest BCUT2D eigenvalue weighted by atomic mass is 10.4. The van der Waals surface area contributed by atoms with Crippen molar-refractivity contribution in [2.45, 2.75) is 24.8 Å². The first-order chi connectivity index (χ1) is 7.92. The molecule has 0 aromatic heterocycles. The third-order valence-corrected chi connectivity index (χ3v) is 3.57. The molecule has 0 aliphatic carbocycles. The zero-order valence-corrected chi connectivity index (χ0v) is 10.7. The summed E-state index contributed by atoms with van der Waals surface area (Å²) in [7, 11) is -3.53. The lowest BCUT2D eigenvalue weighted by molar-refractivity contribution is 0.559. The van der Waals surface area contributed by atoms with Crippen molar-refractivity contribution in [2.75, 3.05) is 13.1 Å². The van der Waals surface area contributed by atoms with Crippen LogP contribution in [0.2, 0.25) is 0 Å². The molecule has 0 amide bonds. The Hall–Kier alpha value is -0.980. The molecular weight excluding hydrogens is 243 g/mol. The first kappa shape index (κ1) is 14.1. The summed E-state index contributed by atoms with van der Waals surface area (Å²) in [5.41, 5.74) is 0. The molecule has 96 valence electrons. The first-order valence-corrected chi connectivity index (χ1v) is 6.89. The molecule has 0 spiro atoms. The van der Waals surface area contributed by atoms with E-state index in [9.17, 15) is 12.8 Å². The van der Waals surface area contributed by atoms with Crippen LogP contribution < -0.4 is 10.0 Å². The fourth-order valence-corrected chi connectivity index (χ4v) is 2.28. The molecule has 0 atom stereocenters. The molecule has 4 nitrogen and oxygen atoms in total. The molecule has 1 aromatic carbocycles. The molecule has 0 aliphatic rings. The van der Waals surface area contributed by atoms with Gasteiger partial charge in [-0.15, -0.1) is 0 Å². The number of halogens is 1. The smallest absolute Gasteiger partial charge is 0.240 e. The van der Waals surface area contributed by atoms with Gasteiger partial charge >= 0.3 is 0 Å². The minimum Gasteiger partial charge on any atom is -0.313 e. The van der Waals surface area contributed by atoms with E-state index in [-0.39, 0.29) is 4.90 Å². The van der Waals surface area contributed by atoms with Crippen molar-refractivity contribution < 1.29 is 12.8 Å². The van der Waals surface area contributed by atoms with Crippen LogP contribution in [0.3, 0.4) is 0 Å². The molecule has 0 fully saturated rings. The van der Waals surface area contributed by atoms with Crippen molar-refractivity contribution in [2.24, 2.45) is 0 Å². The highest BCUT2D eigenvalue weighted by Gasteiger charge is 2.12. The number of sulfonamides is 1. The van der Waals surface area contributed by atoms with E-state index in [4.69, 9.17) is 0 Å². The zero-order valence-electron chi connectivity index (χ0n) is 9.90. The van der Waals surface area contributed by atoms with E-state index >= 15 is 0 Å². The van der Waals surface area contributed by atoms with Gasteiger partial charge in [-0.05, 0) is 24.3 Å². The minimum absolute atomic E-state index is 0.0726. The maximum Gasteiger partial charge on any atom is 0.240 e. The second kappa shape index (κ2) is 6.09. The van der Waals surface area contributed by atoms with Crippen LogP contribution in [0.25, 0.3) is 0 Å². The predicted molar refractivity (Wildman–Crippen MR) is 64.7 cm³/mol. The monoisotopic (exact) mass is 260 g/mol. The second-order valence-corrected chi connectivity index (χ2v) is 5.73. The molecule has 0 saturated carbocycles. The van der Waals surface area contributed by atoms with Gasteiger partial charge in [-0.2, -0.15) is 0 Å². The Morgan fingerprint density at radius 2 is 1.76 bits per heavy atom. The number of nitrogens with one attached hydrogen (secondary N) is 2. The van der Waals surface area contributed by atoms with Gasteiger partial charge in [0.25, 0.3) is 0 Å². The normalized spacial score (nSPS) is 12.0. The maximum atomic E-state index is 12.6. The van der Waals surface area contributed by atoms with Crippen LogP contribution in [0, 0.1) is 5.82 Å². The Labute approximate surface area is 101 Å². The summed E-state index contributed by atoms with van der Waals surface area (Å²) in [6, 6.07) is 5.05. The zero-order chi connectivity index (χ0) is 12.9. The number of hydrogen-bond acceptors (Lipinski definition) is 3. The van der Waals surface area contributed by atoms with Gasteiger partial charge < -0.3 is 5.32 Å². The Morgan fingerprint density at radius 3 is 2.29 bits per heavy atom. The van der Waals surface area contributed by atoms with Crippen molar-refractivity contribution in [3.8, 4) is 0 Å². The van der Waals surface area contributed by atoms with E-state index in [0.29, 0.717) is 19.1 Å².